The Morgan fingerprint density at radius 2 is 1.79 bits per heavy atom. The van der Waals surface area contributed by atoms with E-state index in [2.05, 4.69) is 24.3 Å². The Morgan fingerprint density at radius 1 is 1.08 bits per heavy atom. The van der Waals surface area contributed by atoms with Crippen LogP contribution in [0.15, 0.2) is 36.4 Å². The maximum absolute atomic E-state index is 10.6. The second kappa shape index (κ2) is 6.60. The first-order valence-corrected chi connectivity index (χ1v) is 9.06. The van der Waals surface area contributed by atoms with Crippen LogP contribution >= 0.6 is 0 Å². The van der Waals surface area contributed by atoms with Crippen molar-refractivity contribution in [3.63, 3.8) is 0 Å². The molecule has 1 aromatic carbocycles. The summed E-state index contributed by atoms with van der Waals surface area (Å²) in [6.45, 7) is 0. The molecule has 0 bridgehead atoms. The molecule has 0 spiro atoms. The Balaban J connectivity index is 1.40. The molecule has 4 nitrogen and oxygen atoms in total. The molecule has 0 amide bonds. The lowest BCUT2D eigenvalue weighted by Gasteiger charge is -2.31. The normalized spacial score (nSPS) is 37.5. The fourth-order valence-corrected chi connectivity index (χ4v) is 4.75. The number of hydrogen-bond donors (Lipinski definition) is 3. The van der Waals surface area contributed by atoms with E-state index in [0.29, 0.717) is 12.8 Å². The quantitative estimate of drug-likeness (QED) is 0.740. The highest BCUT2D eigenvalue weighted by atomic mass is 16.6. The van der Waals surface area contributed by atoms with Crippen LogP contribution in [0, 0.1) is 17.8 Å². The van der Waals surface area contributed by atoms with Crippen LogP contribution in [0.3, 0.4) is 0 Å². The highest BCUT2D eigenvalue weighted by Crippen LogP contribution is 2.42. The van der Waals surface area contributed by atoms with Gasteiger partial charge in [-0.25, -0.2) is 0 Å². The lowest BCUT2D eigenvalue weighted by Crippen LogP contribution is -2.33. The van der Waals surface area contributed by atoms with Crippen LogP contribution in [0.4, 0.5) is 0 Å². The van der Waals surface area contributed by atoms with Crippen molar-refractivity contribution in [3.8, 4) is 0 Å². The smallest absolute Gasteiger partial charge is 0.154 e. The van der Waals surface area contributed by atoms with Gasteiger partial charge in [-0.1, -0.05) is 36.4 Å². The third kappa shape index (κ3) is 3.04. The summed E-state index contributed by atoms with van der Waals surface area (Å²) in [7, 11) is 0. The van der Waals surface area contributed by atoms with E-state index in [1.807, 2.05) is 12.2 Å². The summed E-state index contributed by atoms with van der Waals surface area (Å²) in [4.78, 5) is 0. The second-order valence-electron chi connectivity index (χ2n) is 7.56. The van der Waals surface area contributed by atoms with E-state index in [9.17, 15) is 15.3 Å². The number of ether oxygens (including phenoxy) is 1. The molecular formula is C20H26O4. The second-order valence-corrected chi connectivity index (χ2v) is 7.56. The number of rotatable bonds is 3. The summed E-state index contributed by atoms with van der Waals surface area (Å²) in [5.41, 5.74) is 2.68. The third-order valence-electron chi connectivity index (χ3n) is 6.06. The Labute approximate surface area is 142 Å². The minimum absolute atomic E-state index is 0.0147. The molecule has 1 saturated heterocycles. The summed E-state index contributed by atoms with van der Waals surface area (Å²) in [6, 6.07) is 8.38. The summed E-state index contributed by atoms with van der Waals surface area (Å²) >= 11 is 0. The molecular weight excluding hydrogens is 304 g/mol. The number of aliphatic hydroxyl groups is 3. The van der Waals surface area contributed by atoms with Gasteiger partial charge in [0.15, 0.2) is 6.29 Å². The van der Waals surface area contributed by atoms with E-state index < -0.39 is 18.5 Å². The van der Waals surface area contributed by atoms with Gasteiger partial charge in [0.2, 0.25) is 0 Å². The van der Waals surface area contributed by atoms with Gasteiger partial charge in [-0.05, 0) is 48.6 Å². The van der Waals surface area contributed by atoms with Gasteiger partial charge in [0.05, 0.1) is 18.3 Å². The van der Waals surface area contributed by atoms with Gasteiger partial charge in [0, 0.05) is 12.3 Å². The van der Waals surface area contributed by atoms with E-state index in [1.54, 1.807) is 0 Å². The molecule has 1 saturated carbocycles. The predicted molar refractivity (Wildman–Crippen MR) is 90.2 cm³/mol. The summed E-state index contributed by atoms with van der Waals surface area (Å²) < 4.78 is 5.56. The molecule has 2 fully saturated rings. The molecule has 4 heteroatoms. The highest BCUT2D eigenvalue weighted by molar-refractivity contribution is 5.33. The van der Waals surface area contributed by atoms with Crippen molar-refractivity contribution in [2.24, 2.45) is 17.8 Å². The van der Waals surface area contributed by atoms with Crippen LogP contribution in [0.5, 0.6) is 0 Å². The molecule has 1 unspecified atom stereocenters. The lowest BCUT2D eigenvalue weighted by atomic mass is 9.86. The number of aliphatic hydroxyl groups excluding tert-OH is 3. The van der Waals surface area contributed by atoms with Gasteiger partial charge < -0.3 is 20.1 Å². The standard InChI is InChI=1S/C20H26O4/c21-17(14-9-12-3-1-2-4-13(12)10-14)7-5-15-16-6-8-20(23)24-19(16)11-18(15)22/h1-5,7,14-23H,6,8-11H2/b7-5+/t15-,16-,17-,18-,19+,20?/m1/s1. The minimum Gasteiger partial charge on any atom is -0.392 e. The largest absolute Gasteiger partial charge is 0.392 e. The molecule has 4 rings (SSSR count). The van der Waals surface area contributed by atoms with Gasteiger partial charge in [0.25, 0.3) is 0 Å². The Kier molecular flexibility index (Phi) is 4.48. The van der Waals surface area contributed by atoms with E-state index in [1.165, 1.54) is 11.1 Å². The molecule has 130 valence electrons. The maximum Gasteiger partial charge on any atom is 0.154 e. The number of benzene rings is 1. The fraction of sp³-hybridized carbons (Fsp3) is 0.600. The molecule has 1 heterocycles. The predicted octanol–water partition coefficient (Wildman–Crippen LogP) is 1.81. The first-order chi connectivity index (χ1) is 11.6. The number of hydrogen-bond acceptors (Lipinski definition) is 4. The zero-order valence-electron chi connectivity index (χ0n) is 13.8. The van der Waals surface area contributed by atoms with Crippen LogP contribution in [-0.2, 0) is 17.6 Å². The van der Waals surface area contributed by atoms with Gasteiger partial charge in [-0.2, -0.15) is 0 Å². The average molecular weight is 330 g/mol. The molecule has 1 aromatic rings. The summed E-state index contributed by atoms with van der Waals surface area (Å²) in [5.74, 6) is 0.478. The highest BCUT2D eigenvalue weighted by Gasteiger charge is 2.45. The third-order valence-corrected chi connectivity index (χ3v) is 6.06. The first kappa shape index (κ1) is 16.3. The van der Waals surface area contributed by atoms with Crippen LogP contribution in [0.2, 0.25) is 0 Å². The summed E-state index contributed by atoms with van der Waals surface area (Å²) in [6.07, 6.45) is 6.06. The molecule has 0 aromatic heterocycles. The van der Waals surface area contributed by atoms with Crippen molar-refractivity contribution >= 4 is 0 Å². The van der Waals surface area contributed by atoms with E-state index in [4.69, 9.17) is 4.74 Å². The molecule has 2 aliphatic carbocycles. The van der Waals surface area contributed by atoms with Gasteiger partial charge in [-0.15, -0.1) is 0 Å². The average Bonchev–Trinajstić information content (AvgIpc) is 3.12. The van der Waals surface area contributed by atoms with Crippen LogP contribution in [0.1, 0.15) is 30.4 Å². The molecule has 3 N–H and O–H groups in total. The van der Waals surface area contributed by atoms with E-state index >= 15 is 0 Å². The SMILES string of the molecule is OC1CC[C@@H]2[C@@H](/C=C/[C@@H](O)C3Cc4ccccc4C3)[C@H](O)C[C@@H]2O1. The first-order valence-electron chi connectivity index (χ1n) is 9.06. The van der Waals surface area contributed by atoms with Crippen molar-refractivity contribution in [1.29, 1.82) is 0 Å². The van der Waals surface area contributed by atoms with Gasteiger partial charge >= 0.3 is 0 Å². The Morgan fingerprint density at radius 3 is 2.50 bits per heavy atom. The zero-order valence-corrected chi connectivity index (χ0v) is 13.8. The molecule has 3 aliphatic rings. The van der Waals surface area contributed by atoms with Crippen molar-refractivity contribution in [2.75, 3.05) is 0 Å². The van der Waals surface area contributed by atoms with Crippen molar-refractivity contribution < 1.29 is 20.1 Å². The van der Waals surface area contributed by atoms with E-state index in [0.717, 1.165) is 19.3 Å². The molecule has 0 radical (unpaired) electrons. The maximum atomic E-state index is 10.6. The van der Waals surface area contributed by atoms with Crippen LogP contribution in [0.25, 0.3) is 0 Å². The Bertz CT molecular complexity index is 588. The van der Waals surface area contributed by atoms with Crippen LogP contribution in [-0.4, -0.2) is 39.9 Å². The van der Waals surface area contributed by atoms with Gasteiger partial charge in [-0.3, -0.25) is 0 Å². The topological polar surface area (TPSA) is 69.9 Å². The van der Waals surface area contributed by atoms with Crippen molar-refractivity contribution in [2.45, 2.75) is 56.7 Å². The fourth-order valence-electron chi connectivity index (χ4n) is 4.75. The summed E-state index contributed by atoms with van der Waals surface area (Å²) in [5, 5.41) is 30.5. The van der Waals surface area contributed by atoms with E-state index in [-0.39, 0.29) is 23.9 Å². The zero-order chi connectivity index (χ0) is 16.7. The minimum atomic E-state index is -0.691. The van der Waals surface area contributed by atoms with Crippen molar-refractivity contribution in [3.05, 3.63) is 47.5 Å². The molecule has 6 atom stereocenters. The van der Waals surface area contributed by atoms with Crippen LogP contribution < -0.4 is 0 Å². The Hall–Kier alpha value is -1.20. The number of fused-ring (bicyclic) bond motifs is 2. The van der Waals surface area contributed by atoms with Crippen molar-refractivity contribution in [1.82, 2.24) is 0 Å². The monoisotopic (exact) mass is 330 g/mol. The van der Waals surface area contributed by atoms with Gasteiger partial charge in [0.1, 0.15) is 0 Å². The molecule has 1 aliphatic heterocycles. The lowest BCUT2D eigenvalue weighted by molar-refractivity contribution is -0.177. The molecule has 24 heavy (non-hydrogen) atoms.